The van der Waals surface area contributed by atoms with Crippen LogP contribution in [0.4, 0.5) is 0 Å². The number of hydrogen-bond acceptors (Lipinski definition) is 4. The molecular formula is C14H23NO3. The Kier molecular flexibility index (Phi) is 6.54. The van der Waals surface area contributed by atoms with E-state index in [1.807, 2.05) is 25.1 Å². The fraction of sp³-hybridized carbons (Fsp3) is 0.571. The van der Waals surface area contributed by atoms with Crippen molar-refractivity contribution in [2.24, 2.45) is 0 Å². The lowest BCUT2D eigenvalue weighted by atomic mass is 10.1. The topological polar surface area (TPSA) is 50.7 Å². The molecule has 4 heteroatoms. The van der Waals surface area contributed by atoms with Gasteiger partial charge in [0.05, 0.1) is 20.3 Å². The van der Waals surface area contributed by atoms with Crippen molar-refractivity contribution in [3.05, 3.63) is 23.8 Å². The first-order valence-corrected chi connectivity index (χ1v) is 6.27. The average molecular weight is 253 g/mol. The molecule has 0 spiro atoms. The van der Waals surface area contributed by atoms with Crippen molar-refractivity contribution in [1.82, 2.24) is 5.32 Å². The minimum atomic E-state index is -0.224. The molecule has 4 nitrogen and oxygen atoms in total. The molecule has 2 N–H and O–H groups in total. The summed E-state index contributed by atoms with van der Waals surface area (Å²) in [7, 11) is 3.28. The fourth-order valence-electron chi connectivity index (χ4n) is 1.84. The second-order valence-corrected chi connectivity index (χ2v) is 4.32. The smallest absolute Gasteiger partial charge is 0.165 e. The molecule has 0 heterocycles. The standard InChI is InChI=1S/C14H23NO3/c1-11(16)6-5-9-15-10-12-7-4-8-13(17-2)14(12)18-3/h4,7-8,11,15-16H,5-6,9-10H2,1-3H3. The van der Waals surface area contributed by atoms with Crippen LogP contribution in [-0.2, 0) is 6.54 Å². The number of ether oxygens (including phenoxy) is 2. The predicted molar refractivity (Wildman–Crippen MR) is 72.2 cm³/mol. The van der Waals surface area contributed by atoms with Crippen LogP contribution in [0.3, 0.4) is 0 Å². The van der Waals surface area contributed by atoms with Gasteiger partial charge in [0.15, 0.2) is 11.5 Å². The van der Waals surface area contributed by atoms with E-state index in [-0.39, 0.29) is 6.10 Å². The van der Waals surface area contributed by atoms with Crippen LogP contribution in [0, 0.1) is 0 Å². The molecular weight excluding hydrogens is 230 g/mol. The summed E-state index contributed by atoms with van der Waals surface area (Å²) < 4.78 is 10.6. The van der Waals surface area contributed by atoms with Gasteiger partial charge in [-0.15, -0.1) is 0 Å². The Morgan fingerprint density at radius 1 is 1.28 bits per heavy atom. The highest BCUT2D eigenvalue weighted by molar-refractivity contribution is 5.46. The Morgan fingerprint density at radius 2 is 2.06 bits per heavy atom. The molecule has 1 aromatic rings. The molecule has 1 rings (SSSR count). The van der Waals surface area contributed by atoms with E-state index in [0.29, 0.717) is 0 Å². The Bertz CT molecular complexity index is 353. The van der Waals surface area contributed by atoms with Gasteiger partial charge in [0, 0.05) is 12.1 Å². The lowest BCUT2D eigenvalue weighted by molar-refractivity contribution is 0.181. The van der Waals surface area contributed by atoms with Crippen molar-refractivity contribution in [2.45, 2.75) is 32.4 Å². The normalized spacial score (nSPS) is 12.2. The Labute approximate surface area is 109 Å². The third-order valence-electron chi connectivity index (χ3n) is 2.78. The van der Waals surface area contributed by atoms with E-state index in [9.17, 15) is 0 Å². The van der Waals surface area contributed by atoms with E-state index in [1.165, 1.54) is 0 Å². The van der Waals surface area contributed by atoms with Gasteiger partial charge in [0.2, 0.25) is 0 Å². The molecule has 1 atom stereocenters. The van der Waals surface area contributed by atoms with Crippen molar-refractivity contribution < 1.29 is 14.6 Å². The molecule has 1 aromatic carbocycles. The maximum Gasteiger partial charge on any atom is 0.165 e. The number of benzene rings is 1. The minimum Gasteiger partial charge on any atom is -0.493 e. The van der Waals surface area contributed by atoms with Gasteiger partial charge < -0.3 is 19.9 Å². The molecule has 1 unspecified atom stereocenters. The van der Waals surface area contributed by atoms with Gasteiger partial charge in [0.1, 0.15) is 0 Å². The highest BCUT2D eigenvalue weighted by Gasteiger charge is 2.08. The molecule has 0 fully saturated rings. The fourth-order valence-corrected chi connectivity index (χ4v) is 1.84. The molecule has 0 saturated heterocycles. The van der Waals surface area contributed by atoms with Gasteiger partial charge >= 0.3 is 0 Å². The summed E-state index contributed by atoms with van der Waals surface area (Å²) in [4.78, 5) is 0. The monoisotopic (exact) mass is 253 g/mol. The number of aliphatic hydroxyl groups is 1. The SMILES string of the molecule is COc1cccc(CNCCCC(C)O)c1OC. The van der Waals surface area contributed by atoms with Crippen LogP contribution in [0.25, 0.3) is 0 Å². The van der Waals surface area contributed by atoms with Crippen LogP contribution in [0.2, 0.25) is 0 Å². The van der Waals surface area contributed by atoms with Crippen molar-refractivity contribution in [2.75, 3.05) is 20.8 Å². The van der Waals surface area contributed by atoms with Gasteiger partial charge in [0.25, 0.3) is 0 Å². The Balaban J connectivity index is 2.46. The summed E-state index contributed by atoms with van der Waals surface area (Å²) in [6.45, 7) is 3.43. The summed E-state index contributed by atoms with van der Waals surface area (Å²) in [6.07, 6.45) is 1.56. The third kappa shape index (κ3) is 4.55. The summed E-state index contributed by atoms with van der Waals surface area (Å²) in [5.41, 5.74) is 1.08. The Morgan fingerprint density at radius 3 is 2.67 bits per heavy atom. The second-order valence-electron chi connectivity index (χ2n) is 4.32. The highest BCUT2D eigenvalue weighted by atomic mass is 16.5. The van der Waals surface area contributed by atoms with E-state index in [1.54, 1.807) is 14.2 Å². The van der Waals surface area contributed by atoms with E-state index in [2.05, 4.69) is 5.32 Å². The molecule has 18 heavy (non-hydrogen) atoms. The van der Waals surface area contributed by atoms with Crippen molar-refractivity contribution in [1.29, 1.82) is 0 Å². The van der Waals surface area contributed by atoms with E-state index in [4.69, 9.17) is 14.6 Å². The molecule has 0 bridgehead atoms. The van der Waals surface area contributed by atoms with Crippen LogP contribution in [0.1, 0.15) is 25.3 Å². The van der Waals surface area contributed by atoms with Gasteiger partial charge in [-0.1, -0.05) is 12.1 Å². The van der Waals surface area contributed by atoms with E-state index < -0.39 is 0 Å². The maximum absolute atomic E-state index is 9.15. The van der Waals surface area contributed by atoms with Crippen molar-refractivity contribution >= 4 is 0 Å². The molecule has 0 aliphatic rings. The van der Waals surface area contributed by atoms with Gasteiger partial charge in [-0.25, -0.2) is 0 Å². The minimum absolute atomic E-state index is 0.224. The first-order valence-electron chi connectivity index (χ1n) is 6.27. The third-order valence-corrected chi connectivity index (χ3v) is 2.78. The van der Waals surface area contributed by atoms with Crippen LogP contribution >= 0.6 is 0 Å². The molecule has 0 radical (unpaired) electrons. The molecule has 102 valence electrons. The van der Waals surface area contributed by atoms with Crippen LogP contribution in [-0.4, -0.2) is 32.0 Å². The van der Waals surface area contributed by atoms with Crippen molar-refractivity contribution in [3.63, 3.8) is 0 Å². The number of hydrogen-bond donors (Lipinski definition) is 2. The number of para-hydroxylation sites is 1. The number of aliphatic hydroxyl groups excluding tert-OH is 1. The zero-order valence-electron chi connectivity index (χ0n) is 11.4. The van der Waals surface area contributed by atoms with Gasteiger partial charge in [-0.05, 0) is 32.4 Å². The summed E-state index contributed by atoms with van der Waals surface area (Å²) in [6, 6.07) is 5.85. The molecule has 0 amide bonds. The predicted octanol–water partition coefficient (Wildman–Crippen LogP) is 1.95. The van der Waals surface area contributed by atoms with Crippen LogP contribution in [0.15, 0.2) is 18.2 Å². The zero-order chi connectivity index (χ0) is 13.4. The largest absolute Gasteiger partial charge is 0.493 e. The summed E-state index contributed by atoms with van der Waals surface area (Å²) >= 11 is 0. The Hall–Kier alpha value is -1.26. The maximum atomic E-state index is 9.15. The van der Waals surface area contributed by atoms with Gasteiger partial charge in [-0.2, -0.15) is 0 Å². The van der Waals surface area contributed by atoms with Crippen LogP contribution in [0.5, 0.6) is 11.5 Å². The number of methoxy groups -OCH3 is 2. The van der Waals surface area contributed by atoms with E-state index in [0.717, 1.165) is 43.0 Å². The average Bonchev–Trinajstić information content (AvgIpc) is 2.37. The zero-order valence-corrected chi connectivity index (χ0v) is 11.4. The molecule has 0 aliphatic carbocycles. The summed E-state index contributed by atoms with van der Waals surface area (Å²) in [5, 5.41) is 12.5. The molecule has 0 saturated carbocycles. The van der Waals surface area contributed by atoms with Crippen LogP contribution < -0.4 is 14.8 Å². The number of rotatable bonds is 8. The second kappa shape index (κ2) is 7.95. The van der Waals surface area contributed by atoms with Gasteiger partial charge in [-0.3, -0.25) is 0 Å². The first kappa shape index (κ1) is 14.8. The lowest BCUT2D eigenvalue weighted by Crippen LogP contribution is -2.16. The molecule has 0 aliphatic heterocycles. The molecule has 0 aromatic heterocycles. The quantitative estimate of drug-likeness (QED) is 0.695. The highest BCUT2D eigenvalue weighted by Crippen LogP contribution is 2.30. The number of nitrogens with one attached hydrogen (secondary N) is 1. The summed E-state index contributed by atoms with van der Waals surface area (Å²) in [5.74, 6) is 1.53. The van der Waals surface area contributed by atoms with Crippen molar-refractivity contribution in [3.8, 4) is 11.5 Å². The first-order chi connectivity index (χ1) is 8.69. The lowest BCUT2D eigenvalue weighted by Gasteiger charge is -2.13. The van der Waals surface area contributed by atoms with E-state index >= 15 is 0 Å².